The summed E-state index contributed by atoms with van der Waals surface area (Å²) < 4.78 is 7.06. The van der Waals surface area contributed by atoms with Crippen molar-refractivity contribution in [2.24, 2.45) is 4.99 Å². The maximum absolute atomic E-state index is 11.0. The molecule has 150 valence electrons. The van der Waals surface area contributed by atoms with E-state index >= 15 is 0 Å². The third-order valence-corrected chi connectivity index (χ3v) is 4.63. The van der Waals surface area contributed by atoms with Crippen LogP contribution in [-0.2, 0) is 0 Å². The molecule has 4 aromatic rings. The Kier molecular flexibility index (Phi) is 4.89. The molecule has 2 aromatic heterocycles. The number of ether oxygens (including phenoxy) is 1. The Morgan fingerprint density at radius 1 is 1.20 bits per heavy atom. The largest absolute Gasteiger partial charge is 0.504 e. The molecule has 0 bridgehead atoms. The number of benzene rings is 2. The summed E-state index contributed by atoms with van der Waals surface area (Å²) >= 11 is 0. The van der Waals surface area contributed by atoms with Gasteiger partial charge in [0, 0.05) is 30.1 Å². The summed E-state index contributed by atoms with van der Waals surface area (Å²) in [7, 11) is 1.48. The Hall–Kier alpha value is -4.20. The smallest absolute Gasteiger partial charge is 0.270 e. The van der Waals surface area contributed by atoms with Gasteiger partial charge in [0.25, 0.3) is 5.69 Å². The van der Waals surface area contributed by atoms with Gasteiger partial charge in [0.1, 0.15) is 11.3 Å². The van der Waals surface area contributed by atoms with Crippen LogP contribution in [0.3, 0.4) is 0 Å². The molecule has 30 heavy (non-hydrogen) atoms. The monoisotopic (exact) mass is 402 g/mol. The lowest BCUT2D eigenvalue weighted by molar-refractivity contribution is -0.384. The van der Waals surface area contributed by atoms with Gasteiger partial charge in [0.2, 0.25) is 0 Å². The third-order valence-electron chi connectivity index (χ3n) is 4.63. The van der Waals surface area contributed by atoms with Crippen molar-refractivity contribution in [3.05, 3.63) is 82.0 Å². The first kappa shape index (κ1) is 19.1. The summed E-state index contributed by atoms with van der Waals surface area (Å²) in [5.74, 6) is 0.918. The highest BCUT2D eigenvalue weighted by Crippen LogP contribution is 2.36. The average Bonchev–Trinajstić information content (AvgIpc) is 3.10. The molecule has 2 aromatic carbocycles. The predicted octanol–water partition coefficient (Wildman–Crippen LogP) is 4.68. The number of phenolic OH excluding ortho intramolecular Hbond substituents is 1. The van der Waals surface area contributed by atoms with Gasteiger partial charge in [-0.15, -0.1) is 0 Å². The van der Waals surface area contributed by atoms with E-state index in [4.69, 9.17) is 9.72 Å². The van der Waals surface area contributed by atoms with E-state index in [2.05, 4.69) is 4.99 Å². The van der Waals surface area contributed by atoms with Crippen molar-refractivity contribution in [2.75, 3.05) is 7.11 Å². The summed E-state index contributed by atoms with van der Waals surface area (Å²) in [6.45, 7) is 1.98. The van der Waals surface area contributed by atoms with Gasteiger partial charge in [0.15, 0.2) is 17.3 Å². The maximum Gasteiger partial charge on any atom is 0.270 e. The van der Waals surface area contributed by atoms with Crippen molar-refractivity contribution in [3.8, 4) is 22.8 Å². The molecule has 8 nitrogen and oxygen atoms in total. The van der Waals surface area contributed by atoms with E-state index in [0.29, 0.717) is 28.5 Å². The molecule has 2 heterocycles. The molecular weight excluding hydrogens is 384 g/mol. The number of nitro benzene ring substituents is 1. The molecule has 0 aliphatic rings. The lowest BCUT2D eigenvalue weighted by Gasteiger charge is -2.06. The van der Waals surface area contributed by atoms with Crippen LogP contribution in [0.2, 0.25) is 0 Å². The van der Waals surface area contributed by atoms with E-state index in [1.54, 1.807) is 30.5 Å². The molecule has 1 N–H and O–H groups in total. The van der Waals surface area contributed by atoms with Crippen LogP contribution in [0.5, 0.6) is 11.5 Å². The highest BCUT2D eigenvalue weighted by molar-refractivity contribution is 5.86. The van der Waals surface area contributed by atoms with Gasteiger partial charge in [-0.1, -0.05) is 12.1 Å². The Bertz CT molecular complexity index is 1290. The zero-order chi connectivity index (χ0) is 21.3. The van der Waals surface area contributed by atoms with Crippen LogP contribution in [0, 0.1) is 17.0 Å². The van der Waals surface area contributed by atoms with Gasteiger partial charge in [-0.25, -0.2) is 9.98 Å². The van der Waals surface area contributed by atoms with Crippen molar-refractivity contribution in [1.82, 2.24) is 9.38 Å². The number of rotatable bonds is 5. The van der Waals surface area contributed by atoms with Crippen LogP contribution in [0.25, 0.3) is 16.9 Å². The number of phenols is 1. The molecule has 0 spiro atoms. The van der Waals surface area contributed by atoms with Gasteiger partial charge >= 0.3 is 0 Å². The summed E-state index contributed by atoms with van der Waals surface area (Å²) in [5, 5.41) is 20.9. The predicted molar refractivity (Wildman–Crippen MR) is 114 cm³/mol. The minimum Gasteiger partial charge on any atom is -0.504 e. The second kappa shape index (κ2) is 7.67. The number of pyridine rings is 1. The Balaban J connectivity index is 1.87. The number of hydrogen-bond donors (Lipinski definition) is 1. The standard InChI is InChI=1S/C22H18N4O4/c1-14-8-9-25-20(10-14)24-21(16-6-7-18(27)19(12-16)30-2)22(25)23-13-15-4-3-5-17(11-15)26(28)29/h3-13,27H,1-2H3. The zero-order valence-corrected chi connectivity index (χ0v) is 16.3. The molecule has 0 atom stereocenters. The normalized spacial score (nSPS) is 11.3. The van der Waals surface area contributed by atoms with Crippen LogP contribution in [0.15, 0.2) is 65.8 Å². The van der Waals surface area contributed by atoms with Gasteiger partial charge in [-0.2, -0.15) is 0 Å². The number of non-ortho nitro benzene ring substituents is 1. The first-order valence-electron chi connectivity index (χ1n) is 9.11. The molecule has 4 rings (SSSR count). The number of nitrogens with zero attached hydrogens (tertiary/aromatic N) is 4. The number of hydrogen-bond acceptors (Lipinski definition) is 6. The number of aromatic nitrogens is 2. The highest BCUT2D eigenvalue weighted by Gasteiger charge is 2.15. The number of imidazole rings is 1. The van der Waals surface area contributed by atoms with Crippen molar-refractivity contribution >= 4 is 23.4 Å². The van der Waals surface area contributed by atoms with Gasteiger partial charge in [0.05, 0.1) is 12.0 Å². The van der Waals surface area contributed by atoms with E-state index in [0.717, 1.165) is 11.1 Å². The van der Waals surface area contributed by atoms with Crippen molar-refractivity contribution in [3.63, 3.8) is 0 Å². The van der Waals surface area contributed by atoms with E-state index in [1.165, 1.54) is 25.3 Å². The third kappa shape index (κ3) is 3.58. The molecule has 0 radical (unpaired) electrons. The Labute approximate surface area is 171 Å². The minimum atomic E-state index is -0.442. The van der Waals surface area contributed by atoms with Crippen molar-refractivity contribution < 1.29 is 14.8 Å². The zero-order valence-electron chi connectivity index (χ0n) is 16.3. The molecule has 0 aliphatic carbocycles. The molecule has 0 unspecified atom stereocenters. The van der Waals surface area contributed by atoms with Crippen molar-refractivity contribution in [2.45, 2.75) is 6.92 Å². The second-order valence-corrected chi connectivity index (χ2v) is 6.71. The molecular formula is C22H18N4O4. The molecule has 0 saturated heterocycles. The lowest BCUT2D eigenvalue weighted by Crippen LogP contribution is -1.90. The van der Waals surface area contributed by atoms with Gasteiger partial charge < -0.3 is 9.84 Å². The molecule has 0 saturated carbocycles. The van der Waals surface area contributed by atoms with Gasteiger partial charge in [-0.05, 0) is 48.4 Å². The Morgan fingerprint density at radius 3 is 2.80 bits per heavy atom. The molecule has 0 amide bonds. The SMILES string of the molecule is COc1cc(-c2nc3cc(C)ccn3c2N=Cc2cccc([N+](=O)[O-])c2)ccc1O. The molecule has 8 heteroatoms. The maximum atomic E-state index is 11.0. The fraction of sp³-hybridized carbons (Fsp3) is 0.0909. The fourth-order valence-electron chi connectivity index (χ4n) is 3.13. The van der Waals surface area contributed by atoms with E-state index in [1.807, 2.05) is 29.7 Å². The van der Waals surface area contributed by atoms with E-state index < -0.39 is 4.92 Å². The molecule has 0 fully saturated rings. The number of fused-ring (bicyclic) bond motifs is 1. The van der Waals surface area contributed by atoms with Crippen LogP contribution >= 0.6 is 0 Å². The molecule has 0 aliphatic heterocycles. The summed E-state index contributed by atoms with van der Waals surface area (Å²) in [4.78, 5) is 19.9. The first-order valence-corrected chi connectivity index (χ1v) is 9.11. The lowest BCUT2D eigenvalue weighted by atomic mass is 10.1. The number of aliphatic imine (C=N–C) groups is 1. The highest BCUT2D eigenvalue weighted by atomic mass is 16.6. The number of nitro groups is 1. The van der Waals surface area contributed by atoms with Crippen molar-refractivity contribution in [1.29, 1.82) is 0 Å². The summed E-state index contributed by atoms with van der Waals surface area (Å²) in [6.07, 6.45) is 3.44. The fourth-order valence-corrected chi connectivity index (χ4v) is 3.13. The number of aryl methyl sites for hydroxylation is 1. The number of aromatic hydroxyl groups is 1. The van der Waals surface area contributed by atoms with Crippen LogP contribution in [0.4, 0.5) is 11.5 Å². The van der Waals surface area contributed by atoms with E-state index in [-0.39, 0.29) is 11.4 Å². The Morgan fingerprint density at radius 2 is 2.03 bits per heavy atom. The average molecular weight is 402 g/mol. The van der Waals surface area contributed by atoms with E-state index in [9.17, 15) is 15.2 Å². The van der Waals surface area contributed by atoms with Crippen LogP contribution in [-0.4, -0.2) is 32.7 Å². The summed E-state index contributed by atoms with van der Waals surface area (Å²) in [6, 6.07) is 15.1. The minimum absolute atomic E-state index is 0.00351. The first-order chi connectivity index (χ1) is 14.5. The number of methoxy groups -OCH3 is 1. The summed E-state index contributed by atoms with van der Waals surface area (Å²) in [5.41, 5.74) is 3.68. The van der Waals surface area contributed by atoms with Crippen LogP contribution < -0.4 is 4.74 Å². The van der Waals surface area contributed by atoms with Crippen LogP contribution in [0.1, 0.15) is 11.1 Å². The topological polar surface area (TPSA) is 102 Å². The quantitative estimate of drug-likeness (QED) is 0.297. The van der Waals surface area contributed by atoms with Gasteiger partial charge in [-0.3, -0.25) is 14.5 Å². The second-order valence-electron chi connectivity index (χ2n) is 6.71.